The van der Waals surface area contributed by atoms with Crippen LogP contribution in [-0.2, 0) is 14.8 Å². The minimum absolute atomic E-state index is 0.188. The van der Waals surface area contributed by atoms with Crippen LogP contribution in [0.3, 0.4) is 0 Å². The van der Waals surface area contributed by atoms with E-state index in [1.165, 1.54) is 7.05 Å². The van der Waals surface area contributed by atoms with Gasteiger partial charge in [-0.2, -0.15) is 4.31 Å². The highest BCUT2D eigenvalue weighted by atomic mass is 32.2. The van der Waals surface area contributed by atoms with Gasteiger partial charge in [-0.15, -0.1) is 0 Å². The second-order valence-corrected chi connectivity index (χ2v) is 6.47. The molecule has 1 N–H and O–H groups in total. The predicted octanol–water partition coefficient (Wildman–Crippen LogP) is 1.13. The van der Waals surface area contributed by atoms with Crippen LogP contribution in [0.15, 0.2) is 18.2 Å². The third kappa shape index (κ3) is 4.12. The van der Waals surface area contributed by atoms with Crippen molar-refractivity contribution in [3.05, 3.63) is 29.3 Å². The van der Waals surface area contributed by atoms with Gasteiger partial charge >= 0.3 is 0 Å². The lowest BCUT2D eigenvalue weighted by Crippen LogP contribution is -2.34. The maximum atomic E-state index is 11.7. The van der Waals surface area contributed by atoms with Crippen LogP contribution in [0.4, 0.5) is 5.69 Å². The third-order valence-corrected chi connectivity index (χ3v) is 3.86. The number of sulfonamides is 1. The fourth-order valence-corrected chi connectivity index (χ4v) is 1.73. The summed E-state index contributed by atoms with van der Waals surface area (Å²) in [6.07, 6.45) is 1.07. The van der Waals surface area contributed by atoms with E-state index in [0.717, 1.165) is 21.7 Å². The molecule has 0 unspecified atom stereocenters. The molecule has 0 heterocycles. The SMILES string of the molecule is Cc1ccc(C)c(NC(=O)CN(C)S(C)(=O)=O)c1. The molecule has 0 atom stereocenters. The lowest BCUT2D eigenvalue weighted by atomic mass is 10.1. The van der Waals surface area contributed by atoms with Gasteiger partial charge in [0.05, 0.1) is 12.8 Å². The molecule has 0 fully saturated rings. The number of benzene rings is 1. The molecule has 1 amide bonds. The molecule has 0 aliphatic heterocycles. The van der Waals surface area contributed by atoms with E-state index in [9.17, 15) is 13.2 Å². The largest absolute Gasteiger partial charge is 0.325 e. The molecule has 0 saturated carbocycles. The number of carbonyl (C=O) groups excluding carboxylic acids is 1. The highest BCUT2D eigenvalue weighted by Gasteiger charge is 2.15. The Balaban J connectivity index is 2.74. The molecule has 0 bridgehead atoms. The van der Waals surface area contributed by atoms with Gasteiger partial charge in [0.25, 0.3) is 0 Å². The fourth-order valence-electron chi connectivity index (χ4n) is 1.38. The van der Waals surface area contributed by atoms with Crippen molar-refractivity contribution in [3.8, 4) is 0 Å². The number of likely N-dealkylation sites (N-methyl/N-ethyl adjacent to an activating group) is 1. The van der Waals surface area contributed by atoms with Gasteiger partial charge in [-0.3, -0.25) is 4.79 Å². The molecule has 0 radical (unpaired) electrons. The molecule has 0 aromatic heterocycles. The number of amides is 1. The zero-order valence-corrected chi connectivity index (χ0v) is 11.8. The molecule has 18 heavy (non-hydrogen) atoms. The van der Waals surface area contributed by atoms with Crippen molar-refractivity contribution in [2.24, 2.45) is 0 Å². The molecule has 0 spiro atoms. The minimum atomic E-state index is -3.34. The summed E-state index contributed by atoms with van der Waals surface area (Å²) in [7, 11) is -1.96. The van der Waals surface area contributed by atoms with Crippen molar-refractivity contribution in [1.29, 1.82) is 0 Å². The van der Waals surface area contributed by atoms with E-state index >= 15 is 0 Å². The second-order valence-electron chi connectivity index (χ2n) is 4.39. The quantitative estimate of drug-likeness (QED) is 0.892. The van der Waals surface area contributed by atoms with Crippen LogP contribution in [0, 0.1) is 13.8 Å². The van der Waals surface area contributed by atoms with E-state index in [1.807, 2.05) is 32.0 Å². The Morgan fingerprint density at radius 1 is 1.33 bits per heavy atom. The van der Waals surface area contributed by atoms with Crippen molar-refractivity contribution in [2.45, 2.75) is 13.8 Å². The summed E-state index contributed by atoms with van der Waals surface area (Å²) in [4.78, 5) is 11.7. The lowest BCUT2D eigenvalue weighted by Gasteiger charge is -2.14. The van der Waals surface area contributed by atoms with E-state index in [4.69, 9.17) is 0 Å². The van der Waals surface area contributed by atoms with Crippen molar-refractivity contribution in [2.75, 3.05) is 25.2 Å². The molecule has 6 heteroatoms. The molecule has 1 aromatic carbocycles. The maximum Gasteiger partial charge on any atom is 0.239 e. The number of aryl methyl sites for hydroxylation is 2. The average molecular weight is 270 g/mol. The van der Waals surface area contributed by atoms with Crippen LogP contribution < -0.4 is 5.32 Å². The Hall–Kier alpha value is -1.40. The number of hydrogen-bond donors (Lipinski definition) is 1. The molecule has 0 aliphatic carbocycles. The van der Waals surface area contributed by atoms with Gasteiger partial charge in [-0.1, -0.05) is 12.1 Å². The molecule has 0 saturated heterocycles. The predicted molar refractivity (Wildman–Crippen MR) is 72.0 cm³/mol. The summed E-state index contributed by atoms with van der Waals surface area (Å²) in [6.45, 7) is 3.62. The van der Waals surface area contributed by atoms with Gasteiger partial charge in [0.2, 0.25) is 15.9 Å². The molecule has 5 nitrogen and oxygen atoms in total. The first-order valence-corrected chi connectivity index (χ1v) is 7.33. The van der Waals surface area contributed by atoms with Crippen molar-refractivity contribution < 1.29 is 13.2 Å². The lowest BCUT2D eigenvalue weighted by molar-refractivity contribution is -0.116. The highest BCUT2D eigenvalue weighted by molar-refractivity contribution is 7.88. The van der Waals surface area contributed by atoms with Gasteiger partial charge in [-0.05, 0) is 31.0 Å². The van der Waals surface area contributed by atoms with Crippen LogP contribution in [0.2, 0.25) is 0 Å². The van der Waals surface area contributed by atoms with E-state index in [0.29, 0.717) is 5.69 Å². The Bertz CT molecular complexity index is 552. The fraction of sp³-hybridized carbons (Fsp3) is 0.417. The van der Waals surface area contributed by atoms with E-state index < -0.39 is 10.0 Å². The van der Waals surface area contributed by atoms with Crippen molar-refractivity contribution >= 4 is 21.6 Å². The molecular formula is C12H18N2O3S. The number of hydrogen-bond acceptors (Lipinski definition) is 3. The van der Waals surface area contributed by atoms with Crippen LogP contribution in [-0.4, -0.2) is 38.5 Å². The summed E-state index contributed by atoms with van der Waals surface area (Å²) >= 11 is 0. The first-order valence-electron chi connectivity index (χ1n) is 5.48. The van der Waals surface area contributed by atoms with E-state index in [-0.39, 0.29) is 12.5 Å². The van der Waals surface area contributed by atoms with Crippen LogP contribution in [0.25, 0.3) is 0 Å². The minimum Gasteiger partial charge on any atom is -0.325 e. The Morgan fingerprint density at radius 3 is 2.50 bits per heavy atom. The summed E-state index contributed by atoms with van der Waals surface area (Å²) in [5, 5.41) is 2.71. The first kappa shape index (κ1) is 14.7. The number of nitrogens with one attached hydrogen (secondary N) is 1. The summed E-state index contributed by atoms with van der Waals surface area (Å²) in [5.41, 5.74) is 2.69. The van der Waals surface area contributed by atoms with Crippen molar-refractivity contribution in [3.63, 3.8) is 0 Å². The van der Waals surface area contributed by atoms with Crippen molar-refractivity contribution in [1.82, 2.24) is 4.31 Å². The highest BCUT2D eigenvalue weighted by Crippen LogP contribution is 2.16. The van der Waals surface area contributed by atoms with Gasteiger partial charge in [0.1, 0.15) is 0 Å². The Morgan fingerprint density at radius 2 is 1.94 bits per heavy atom. The molecule has 100 valence electrons. The van der Waals surface area contributed by atoms with E-state index in [2.05, 4.69) is 5.32 Å². The first-order chi connectivity index (χ1) is 8.20. The molecule has 0 aliphatic rings. The third-order valence-electron chi connectivity index (χ3n) is 2.60. The van der Waals surface area contributed by atoms with Gasteiger partial charge in [0, 0.05) is 12.7 Å². The summed E-state index contributed by atoms with van der Waals surface area (Å²) < 4.78 is 23.4. The standard InChI is InChI=1S/C12H18N2O3S/c1-9-5-6-10(2)11(7-9)13-12(15)8-14(3)18(4,16)17/h5-7H,8H2,1-4H3,(H,13,15). The van der Waals surface area contributed by atoms with Gasteiger partial charge in [0.15, 0.2) is 0 Å². The Labute approximate surface area is 108 Å². The number of nitrogens with zero attached hydrogens (tertiary/aromatic N) is 1. The monoisotopic (exact) mass is 270 g/mol. The number of anilines is 1. The maximum absolute atomic E-state index is 11.7. The number of rotatable bonds is 4. The zero-order valence-electron chi connectivity index (χ0n) is 11.0. The zero-order chi connectivity index (χ0) is 13.9. The topological polar surface area (TPSA) is 66.5 Å². The summed E-state index contributed by atoms with van der Waals surface area (Å²) in [6, 6.07) is 5.71. The van der Waals surface area contributed by atoms with E-state index in [1.54, 1.807) is 0 Å². The van der Waals surface area contributed by atoms with Gasteiger partial charge < -0.3 is 5.32 Å². The van der Waals surface area contributed by atoms with Gasteiger partial charge in [-0.25, -0.2) is 8.42 Å². The van der Waals surface area contributed by atoms with Crippen LogP contribution in [0.1, 0.15) is 11.1 Å². The number of carbonyl (C=O) groups is 1. The smallest absolute Gasteiger partial charge is 0.239 e. The molecule has 1 rings (SSSR count). The second kappa shape index (κ2) is 5.49. The van der Waals surface area contributed by atoms with Crippen LogP contribution in [0.5, 0.6) is 0 Å². The normalized spacial score (nSPS) is 11.6. The molecular weight excluding hydrogens is 252 g/mol. The molecule has 1 aromatic rings. The summed E-state index contributed by atoms with van der Waals surface area (Å²) in [5.74, 6) is -0.350. The van der Waals surface area contributed by atoms with Crippen LogP contribution >= 0.6 is 0 Å². The average Bonchev–Trinajstić information content (AvgIpc) is 2.22. The Kier molecular flexibility index (Phi) is 4.48.